The maximum Gasteiger partial charge on any atom is 0.184 e. The molecule has 0 aromatic rings. The van der Waals surface area contributed by atoms with E-state index in [0.29, 0.717) is 6.10 Å². The molecule has 3 nitrogen and oxygen atoms in total. The third-order valence-corrected chi connectivity index (χ3v) is 7.54. The van der Waals surface area contributed by atoms with Gasteiger partial charge in [-0.15, -0.1) is 6.58 Å². The molecule has 0 fully saturated rings. The predicted octanol–water partition coefficient (Wildman–Crippen LogP) is 7.97. The van der Waals surface area contributed by atoms with Crippen molar-refractivity contribution in [1.82, 2.24) is 0 Å². The summed E-state index contributed by atoms with van der Waals surface area (Å²) in [6.07, 6.45) is 11.8. The van der Waals surface area contributed by atoms with Crippen molar-refractivity contribution >= 4 is 25.0 Å². The molecule has 29 heavy (non-hydrogen) atoms. The fourth-order valence-electron chi connectivity index (χ4n) is 3.68. The van der Waals surface area contributed by atoms with Crippen molar-refractivity contribution in [2.24, 2.45) is 0 Å². The molecule has 0 rings (SSSR count). The molecular formula is C23H52O3Si3. The van der Waals surface area contributed by atoms with Gasteiger partial charge in [0.05, 0.1) is 6.10 Å². The van der Waals surface area contributed by atoms with Crippen molar-refractivity contribution in [3.63, 3.8) is 0 Å². The largest absolute Gasteiger partial charge is 0.415 e. The molecule has 0 aromatic heterocycles. The Morgan fingerprint density at radius 2 is 1.10 bits per heavy atom. The molecule has 0 bridgehead atoms. The van der Waals surface area contributed by atoms with E-state index < -0.39 is 25.0 Å². The summed E-state index contributed by atoms with van der Waals surface area (Å²) in [7, 11) is -4.85. The van der Waals surface area contributed by atoms with Gasteiger partial charge in [0.2, 0.25) is 0 Å². The summed E-state index contributed by atoms with van der Waals surface area (Å²) in [6.45, 7) is 26.8. The van der Waals surface area contributed by atoms with Crippen molar-refractivity contribution in [3.8, 4) is 0 Å². The van der Waals surface area contributed by atoms with Crippen LogP contribution in [0.25, 0.3) is 0 Å². The molecule has 6 heteroatoms. The molecule has 0 spiro atoms. The van der Waals surface area contributed by atoms with Gasteiger partial charge in [-0.1, -0.05) is 38.7 Å². The van der Waals surface area contributed by atoms with Gasteiger partial charge in [-0.3, -0.25) is 0 Å². The lowest BCUT2D eigenvalue weighted by atomic mass is 10.00. The first kappa shape index (κ1) is 29.3. The Morgan fingerprint density at radius 3 is 1.55 bits per heavy atom. The summed E-state index contributed by atoms with van der Waals surface area (Å²) in [5, 5.41) is 0. The molecule has 0 saturated carbocycles. The quantitative estimate of drug-likeness (QED) is 0.125. The highest BCUT2D eigenvalue weighted by atomic mass is 28.4. The summed E-state index contributed by atoms with van der Waals surface area (Å²) >= 11 is 0. The first-order valence-corrected chi connectivity index (χ1v) is 22.0. The van der Waals surface area contributed by atoms with E-state index in [2.05, 4.69) is 72.4 Å². The molecule has 0 amide bonds. The van der Waals surface area contributed by atoms with E-state index in [4.69, 9.17) is 13.3 Å². The van der Waals surface area contributed by atoms with E-state index in [1.54, 1.807) is 0 Å². The average Bonchev–Trinajstić information content (AvgIpc) is 2.46. The zero-order valence-electron chi connectivity index (χ0n) is 21.4. The Balaban J connectivity index is 5.29. The highest BCUT2D eigenvalue weighted by Gasteiger charge is 2.30. The van der Waals surface area contributed by atoms with Crippen LogP contribution in [0, 0.1) is 0 Å². The van der Waals surface area contributed by atoms with Crippen LogP contribution >= 0.6 is 0 Å². The summed E-state index contributed by atoms with van der Waals surface area (Å²) in [6, 6.07) is 0. The second-order valence-corrected chi connectivity index (χ2v) is 24.8. The Hall–Kier alpha value is 0.271. The van der Waals surface area contributed by atoms with E-state index in [-0.39, 0.29) is 12.2 Å². The lowest BCUT2D eigenvalue weighted by Gasteiger charge is -2.35. The molecule has 0 heterocycles. The second-order valence-electron chi connectivity index (χ2n) is 11.4. The Morgan fingerprint density at radius 1 is 0.655 bits per heavy atom. The molecule has 0 saturated heterocycles. The zero-order chi connectivity index (χ0) is 22.7. The maximum absolute atomic E-state index is 6.68. The first-order chi connectivity index (χ1) is 13.1. The minimum absolute atomic E-state index is 0.202. The summed E-state index contributed by atoms with van der Waals surface area (Å²) < 4.78 is 19.8. The van der Waals surface area contributed by atoms with Crippen LogP contribution in [0.3, 0.4) is 0 Å². The monoisotopic (exact) mass is 460 g/mol. The van der Waals surface area contributed by atoms with E-state index in [9.17, 15) is 0 Å². The van der Waals surface area contributed by atoms with Crippen LogP contribution in [-0.4, -0.2) is 43.3 Å². The van der Waals surface area contributed by atoms with Crippen molar-refractivity contribution < 1.29 is 13.3 Å². The number of unbranched alkanes of at least 4 members (excludes halogenated alkanes) is 3. The van der Waals surface area contributed by atoms with Gasteiger partial charge in [-0.05, 0) is 84.6 Å². The summed E-state index contributed by atoms with van der Waals surface area (Å²) in [5.41, 5.74) is 0. The molecule has 0 radical (unpaired) electrons. The molecule has 3 atom stereocenters. The van der Waals surface area contributed by atoms with Gasteiger partial charge in [0, 0.05) is 12.2 Å². The number of hydrogen-bond donors (Lipinski definition) is 0. The maximum atomic E-state index is 6.68. The number of rotatable bonds is 17. The summed E-state index contributed by atoms with van der Waals surface area (Å²) in [4.78, 5) is 0. The summed E-state index contributed by atoms with van der Waals surface area (Å²) in [5.74, 6) is 0. The van der Waals surface area contributed by atoms with Gasteiger partial charge < -0.3 is 13.3 Å². The van der Waals surface area contributed by atoms with E-state index >= 15 is 0 Å². The predicted molar refractivity (Wildman–Crippen MR) is 137 cm³/mol. The van der Waals surface area contributed by atoms with Gasteiger partial charge in [-0.2, -0.15) is 0 Å². The molecule has 0 aliphatic heterocycles. The molecule has 0 aliphatic rings. The third kappa shape index (κ3) is 18.7. The minimum atomic E-state index is -1.65. The molecular weight excluding hydrogens is 409 g/mol. The normalized spacial score (nSPS) is 16.5. The first-order valence-electron chi connectivity index (χ1n) is 11.8. The Bertz CT molecular complexity index is 436. The van der Waals surface area contributed by atoms with Gasteiger partial charge in [0.15, 0.2) is 25.0 Å². The van der Waals surface area contributed by atoms with Crippen LogP contribution in [0.1, 0.15) is 58.3 Å². The van der Waals surface area contributed by atoms with Crippen molar-refractivity contribution in [2.75, 3.05) is 0 Å². The topological polar surface area (TPSA) is 27.7 Å². The average molecular weight is 461 g/mol. The van der Waals surface area contributed by atoms with Gasteiger partial charge in [0.25, 0.3) is 0 Å². The molecule has 174 valence electrons. The van der Waals surface area contributed by atoms with Gasteiger partial charge in [-0.25, -0.2) is 0 Å². The highest BCUT2D eigenvalue weighted by molar-refractivity contribution is 6.70. The molecule has 0 unspecified atom stereocenters. The highest BCUT2D eigenvalue weighted by Crippen LogP contribution is 2.26. The van der Waals surface area contributed by atoms with Crippen LogP contribution in [-0.2, 0) is 13.3 Å². The van der Waals surface area contributed by atoms with E-state index in [1.165, 1.54) is 25.7 Å². The lowest BCUT2D eigenvalue weighted by molar-refractivity contribution is 0.0581. The van der Waals surface area contributed by atoms with Crippen LogP contribution in [0.4, 0.5) is 0 Å². The van der Waals surface area contributed by atoms with Crippen LogP contribution in [0.15, 0.2) is 12.7 Å². The fourth-order valence-corrected chi connectivity index (χ4v) is 7.28. The van der Waals surface area contributed by atoms with Crippen molar-refractivity contribution in [3.05, 3.63) is 12.7 Å². The standard InChI is InChI=1S/C23H52O3Si3/c1-12-14-15-16-18-22(25-28(6,7)8)20-23(26-29(9,10)11)19-21(17-13-2)24-27(3,4)5/h13,21-23H,2,12,14-20H2,1,3-11H3/t21-,22+,23-/m0/s1. The van der Waals surface area contributed by atoms with Gasteiger partial charge >= 0.3 is 0 Å². The SMILES string of the molecule is C=CC[C@@H](C[C@@H](C[C@@H](CCCCCC)O[Si](C)(C)C)O[Si](C)(C)C)O[Si](C)(C)C. The van der Waals surface area contributed by atoms with Gasteiger partial charge in [0.1, 0.15) is 0 Å². The van der Waals surface area contributed by atoms with Crippen molar-refractivity contribution in [1.29, 1.82) is 0 Å². The van der Waals surface area contributed by atoms with Crippen LogP contribution < -0.4 is 0 Å². The lowest BCUT2D eigenvalue weighted by Crippen LogP contribution is -2.41. The minimum Gasteiger partial charge on any atom is -0.415 e. The van der Waals surface area contributed by atoms with E-state index in [0.717, 1.165) is 25.7 Å². The molecule has 0 aromatic carbocycles. The van der Waals surface area contributed by atoms with Crippen LogP contribution in [0.5, 0.6) is 0 Å². The van der Waals surface area contributed by atoms with Crippen LogP contribution in [0.2, 0.25) is 58.9 Å². The zero-order valence-corrected chi connectivity index (χ0v) is 24.4. The second kappa shape index (κ2) is 13.6. The molecule has 0 aliphatic carbocycles. The Labute approximate surface area is 186 Å². The molecule has 0 N–H and O–H groups in total. The number of hydrogen-bond acceptors (Lipinski definition) is 3. The smallest absolute Gasteiger partial charge is 0.184 e. The third-order valence-electron chi connectivity index (χ3n) is 4.42. The fraction of sp³-hybridized carbons (Fsp3) is 0.913. The van der Waals surface area contributed by atoms with E-state index in [1.807, 2.05) is 6.08 Å². The Kier molecular flexibility index (Phi) is 13.8. The van der Waals surface area contributed by atoms with Crippen molar-refractivity contribution in [2.45, 2.75) is 136 Å².